The molecule has 0 heterocycles. The number of azo groups is 3. The van der Waals surface area contributed by atoms with Crippen LogP contribution in [-0.4, -0.2) is 23.2 Å². The first kappa shape index (κ1) is 35.8. The van der Waals surface area contributed by atoms with E-state index in [1.807, 2.05) is 69.3 Å². The molecule has 0 saturated carbocycles. The van der Waals surface area contributed by atoms with Gasteiger partial charge in [-0.3, -0.25) is 4.55 Å². The monoisotopic (exact) mass is 734 g/mol. The van der Waals surface area contributed by atoms with Crippen molar-refractivity contribution < 1.29 is 23.2 Å². The van der Waals surface area contributed by atoms with Gasteiger partial charge in [0.15, 0.2) is 5.75 Å². The normalized spacial score (nSPS) is 12.2. The third-order valence-corrected chi connectivity index (χ3v) is 9.91. The van der Waals surface area contributed by atoms with Crippen molar-refractivity contribution in [1.82, 2.24) is 0 Å². The maximum absolute atomic E-state index is 11.9. The molecule has 0 aromatic heterocycles. The van der Waals surface area contributed by atoms with Crippen LogP contribution in [-0.2, 0) is 16.5 Å². The second-order valence-electron chi connectivity index (χ2n) is 12.9. The molecule has 0 aliphatic rings. The van der Waals surface area contributed by atoms with Crippen molar-refractivity contribution in [2.75, 3.05) is 0 Å². The van der Waals surface area contributed by atoms with Crippen LogP contribution in [0.3, 0.4) is 0 Å². The van der Waals surface area contributed by atoms with Gasteiger partial charge in [-0.25, -0.2) is 0 Å². The number of nitrogens with zero attached hydrogens (tertiary/aromatic N) is 6. The molecule has 0 bridgehead atoms. The van der Waals surface area contributed by atoms with E-state index < -0.39 is 10.1 Å². The van der Waals surface area contributed by atoms with Gasteiger partial charge in [-0.05, 0) is 108 Å². The smallest absolute Gasteiger partial charge is 0.295 e. The van der Waals surface area contributed by atoms with Crippen molar-refractivity contribution in [1.29, 1.82) is 0 Å². The Morgan fingerprint density at radius 1 is 0.500 bits per heavy atom. The van der Waals surface area contributed by atoms with Crippen molar-refractivity contribution in [2.24, 2.45) is 30.7 Å². The zero-order chi connectivity index (χ0) is 38.0. The Morgan fingerprint density at radius 2 is 1.11 bits per heavy atom. The van der Waals surface area contributed by atoms with E-state index in [0.29, 0.717) is 44.5 Å². The number of benzene rings is 7. The van der Waals surface area contributed by atoms with E-state index >= 15 is 0 Å². The second kappa shape index (κ2) is 14.8. The highest BCUT2D eigenvalue weighted by atomic mass is 32.2. The molecule has 7 rings (SSSR count). The molecule has 54 heavy (non-hydrogen) atoms. The van der Waals surface area contributed by atoms with Crippen LogP contribution >= 0.6 is 0 Å². The Bertz CT molecular complexity index is 2780. The number of phenolic OH excluding ortho intramolecular Hbond substituents is 2. The molecule has 3 N–H and O–H groups in total. The number of hydrogen-bond donors (Lipinski definition) is 3. The van der Waals surface area contributed by atoms with Crippen LogP contribution in [0, 0.1) is 20.8 Å². The molecule has 268 valence electrons. The summed E-state index contributed by atoms with van der Waals surface area (Å²) in [6.45, 7) is 5.54. The Kier molecular flexibility index (Phi) is 9.79. The van der Waals surface area contributed by atoms with E-state index in [-0.39, 0.29) is 27.8 Å². The van der Waals surface area contributed by atoms with Crippen molar-refractivity contribution in [3.8, 4) is 11.5 Å². The maximum atomic E-state index is 11.9. The van der Waals surface area contributed by atoms with E-state index in [2.05, 4.69) is 48.9 Å². The Balaban J connectivity index is 1.06. The lowest BCUT2D eigenvalue weighted by atomic mass is 10.0. The van der Waals surface area contributed by atoms with E-state index in [4.69, 9.17) is 0 Å². The zero-order valence-electron chi connectivity index (χ0n) is 29.5. The molecule has 0 unspecified atom stereocenters. The molecule has 0 fully saturated rings. The van der Waals surface area contributed by atoms with Gasteiger partial charge in [0.05, 0.1) is 22.7 Å². The lowest BCUT2D eigenvalue weighted by Crippen LogP contribution is -1.98. The molecule has 0 spiro atoms. The molecule has 0 amide bonds. The van der Waals surface area contributed by atoms with Crippen molar-refractivity contribution in [3.05, 3.63) is 149 Å². The minimum atomic E-state index is -4.41. The van der Waals surface area contributed by atoms with E-state index in [9.17, 15) is 23.2 Å². The van der Waals surface area contributed by atoms with Gasteiger partial charge in [-0.15, -0.1) is 10.2 Å². The molecule has 7 aromatic carbocycles. The van der Waals surface area contributed by atoms with Crippen LogP contribution in [0.2, 0.25) is 0 Å². The zero-order valence-corrected chi connectivity index (χ0v) is 30.3. The Hall–Kier alpha value is -6.63. The summed E-state index contributed by atoms with van der Waals surface area (Å²) >= 11 is 0. The lowest BCUT2D eigenvalue weighted by molar-refractivity contribution is 0.475. The number of hydrogen-bond acceptors (Lipinski definition) is 10. The average molecular weight is 735 g/mol. The molecular weight excluding hydrogens is 701 g/mol. The topological polar surface area (TPSA) is 169 Å². The van der Waals surface area contributed by atoms with Gasteiger partial charge >= 0.3 is 0 Å². The fourth-order valence-corrected chi connectivity index (χ4v) is 6.78. The van der Waals surface area contributed by atoms with Crippen molar-refractivity contribution >= 4 is 65.8 Å². The first-order chi connectivity index (χ1) is 25.9. The molecule has 12 heteroatoms. The van der Waals surface area contributed by atoms with Crippen molar-refractivity contribution in [3.63, 3.8) is 0 Å². The first-order valence-electron chi connectivity index (χ1n) is 16.9. The van der Waals surface area contributed by atoms with E-state index in [1.165, 1.54) is 17.7 Å². The van der Waals surface area contributed by atoms with Crippen LogP contribution in [0.5, 0.6) is 11.5 Å². The van der Waals surface area contributed by atoms with Gasteiger partial charge in [0.25, 0.3) is 10.1 Å². The summed E-state index contributed by atoms with van der Waals surface area (Å²) in [6.07, 6.45) is 0.785. The summed E-state index contributed by atoms with van der Waals surface area (Å²) in [5, 5.41) is 50.3. The third-order valence-electron chi connectivity index (χ3n) is 9.00. The summed E-state index contributed by atoms with van der Waals surface area (Å²) in [6, 6.07) is 36.1. The fraction of sp³-hybridized carbons (Fsp3) is 0.0952. The van der Waals surface area contributed by atoms with Gasteiger partial charge in [-0.1, -0.05) is 72.8 Å². The number of phenols is 2. The van der Waals surface area contributed by atoms with Crippen LogP contribution < -0.4 is 0 Å². The van der Waals surface area contributed by atoms with Gasteiger partial charge in [-0.2, -0.15) is 28.9 Å². The van der Waals surface area contributed by atoms with E-state index in [0.717, 1.165) is 28.5 Å². The summed E-state index contributed by atoms with van der Waals surface area (Å²) in [4.78, 5) is -0.198. The predicted molar refractivity (Wildman–Crippen MR) is 210 cm³/mol. The number of rotatable bonds is 9. The Morgan fingerprint density at radius 3 is 1.81 bits per heavy atom. The largest absolute Gasteiger partial charge is 0.506 e. The van der Waals surface area contributed by atoms with Gasteiger partial charge < -0.3 is 10.2 Å². The van der Waals surface area contributed by atoms with Gasteiger partial charge in [0.2, 0.25) is 0 Å². The van der Waals surface area contributed by atoms with Crippen LogP contribution in [0.4, 0.5) is 34.1 Å². The summed E-state index contributed by atoms with van der Waals surface area (Å²) < 4.78 is 33.4. The molecule has 0 atom stereocenters. The number of aromatic hydroxyl groups is 2. The molecule has 0 aliphatic heterocycles. The molecule has 0 aliphatic carbocycles. The first-order valence-corrected chi connectivity index (χ1v) is 18.4. The summed E-state index contributed by atoms with van der Waals surface area (Å²) in [5.74, 6) is -0.143. The standard InChI is InChI=1S/C42H34N6O5S/c1-25-19-37(26(2)18-36(25)45-43-32-15-13-30-10-7-11-41(34(30)23-32)54(51,52)53)46-47-38-24-40(49)39(20-27(38)3)48-44-35-17-14-31-22-29(12-16-33(31)42(35)50)21-28-8-5-4-6-9-28/h4-20,22-24,49-50H,21H2,1-3H3,(H,51,52,53). The van der Waals surface area contributed by atoms with Crippen LogP contribution in [0.1, 0.15) is 27.8 Å². The average Bonchev–Trinajstić information content (AvgIpc) is 3.15. The second-order valence-corrected chi connectivity index (χ2v) is 14.3. The SMILES string of the molecule is Cc1cc(N=Nc2cc(O)c(N=Nc3ccc4cc(Cc5ccccc5)ccc4c3O)cc2C)c(C)cc1N=Nc1ccc2cccc(S(=O)(=O)O)c2c1. The number of fused-ring (bicyclic) bond motifs is 2. The highest BCUT2D eigenvalue weighted by Crippen LogP contribution is 2.40. The maximum Gasteiger partial charge on any atom is 0.295 e. The van der Waals surface area contributed by atoms with E-state index in [1.54, 1.807) is 42.5 Å². The predicted octanol–water partition coefficient (Wildman–Crippen LogP) is 12.4. The van der Waals surface area contributed by atoms with Gasteiger partial charge in [0, 0.05) is 16.8 Å². The summed E-state index contributed by atoms with van der Waals surface area (Å²) in [7, 11) is -4.41. The highest BCUT2D eigenvalue weighted by molar-refractivity contribution is 7.86. The third kappa shape index (κ3) is 7.75. The minimum Gasteiger partial charge on any atom is -0.506 e. The molecular formula is C42H34N6O5S. The van der Waals surface area contributed by atoms with Crippen molar-refractivity contribution in [2.45, 2.75) is 32.1 Å². The lowest BCUT2D eigenvalue weighted by Gasteiger charge is -2.08. The van der Waals surface area contributed by atoms with Crippen LogP contribution in [0.25, 0.3) is 21.5 Å². The number of aryl methyl sites for hydroxylation is 3. The highest BCUT2D eigenvalue weighted by Gasteiger charge is 2.15. The Labute approximate surface area is 311 Å². The fourth-order valence-electron chi connectivity index (χ4n) is 6.08. The molecule has 7 aromatic rings. The quantitative estimate of drug-likeness (QED) is 0.0988. The molecule has 0 radical (unpaired) electrons. The minimum absolute atomic E-state index is 0.00486. The molecule has 0 saturated heterocycles. The van der Waals surface area contributed by atoms with Crippen LogP contribution in [0.15, 0.2) is 157 Å². The summed E-state index contributed by atoms with van der Waals surface area (Å²) in [5.41, 5.74) is 7.11. The van der Waals surface area contributed by atoms with Gasteiger partial charge in [0.1, 0.15) is 22.0 Å². The molecule has 11 nitrogen and oxygen atoms in total.